The first kappa shape index (κ1) is 34.6. The van der Waals surface area contributed by atoms with Gasteiger partial charge >= 0.3 is 41.5 Å². The van der Waals surface area contributed by atoms with E-state index in [1.807, 2.05) is 13.8 Å². The number of rotatable bonds is 7. The third-order valence-corrected chi connectivity index (χ3v) is 6.78. The van der Waals surface area contributed by atoms with E-state index in [0.29, 0.717) is 10.2 Å². The minimum Gasteiger partial charge on any atom is -0.768 e. The standard InChI is InChI=1S/C11H12O4S.C7H8O2S.C4H5BrO2.Na/c1-8-3-5-10(6-4-8)16(14,15)7-9(2)11(12)13;1-6-2-4-7(5-3-6)10(8)9;1-3(2-5)4(6)7;/h3-6H,2,7H2,1H3,(H,12,13);2-5H,1H3,(H,8,9);1-2H2,(H,6,7);/q;;;+1/p-1. The largest absolute Gasteiger partial charge is 1.00 e. The molecule has 0 saturated heterocycles. The fraction of sp³-hybridized carbons (Fsp3) is 0.182. The number of carbonyl (C=O) groups is 2. The maximum atomic E-state index is 11.7. The second-order valence-electron chi connectivity index (χ2n) is 6.57. The van der Waals surface area contributed by atoms with E-state index in [9.17, 15) is 26.8 Å². The Kier molecular flexibility index (Phi) is 17.2. The summed E-state index contributed by atoms with van der Waals surface area (Å²) in [6, 6.07) is 12.9. The molecule has 8 nitrogen and oxygen atoms in total. The van der Waals surface area contributed by atoms with Crippen LogP contribution in [-0.4, -0.2) is 50.4 Å². The van der Waals surface area contributed by atoms with Gasteiger partial charge in [0.15, 0.2) is 9.84 Å². The van der Waals surface area contributed by atoms with Gasteiger partial charge < -0.3 is 14.8 Å². The predicted molar refractivity (Wildman–Crippen MR) is 129 cm³/mol. The van der Waals surface area contributed by atoms with Gasteiger partial charge in [0.25, 0.3) is 0 Å². The van der Waals surface area contributed by atoms with Gasteiger partial charge in [-0.2, -0.15) is 0 Å². The molecular weight excluding hydrogens is 559 g/mol. The van der Waals surface area contributed by atoms with E-state index in [-0.39, 0.29) is 45.6 Å². The van der Waals surface area contributed by atoms with Crippen molar-refractivity contribution in [3.63, 3.8) is 0 Å². The van der Waals surface area contributed by atoms with Crippen LogP contribution >= 0.6 is 15.9 Å². The van der Waals surface area contributed by atoms with Gasteiger partial charge in [-0.15, -0.1) is 0 Å². The summed E-state index contributed by atoms with van der Waals surface area (Å²) in [6.07, 6.45) is 0. The minimum absolute atomic E-state index is 0. The maximum Gasteiger partial charge on any atom is 1.00 e. The molecule has 2 rings (SSSR count). The fourth-order valence-electron chi connectivity index (χ4n) is 1.83. The van der Waals surface area contributed by atoms with Crippen molar-refractivity contribution in [3.05, 3.63) is 84.0 Å². The summed E-state index contributed by atoms with van der Waals surface area (Å²) in [6.45, 7) is 10.2. The molecule has 0 saturated carbocycles. The van der Waals surface area contributed by atoms with Crippen molar-refractivity contribution in [2.45, 2.75) is 23.6 Å². The van der Waals surface area contributed by atoms with E-state index in [1.54, 1.807) is 36.4 Å². The van der Waals surface area contributed by atoms with Crippen LogP contribution in [0.5, 0.6) is 0 Å². The van der Waals surface area contributed by atoms with Gasteiger partial charge in [0.1, 0.15) is 0 Å². The van der Waals surface area contributed by atoms with Crippen molar-refractivity contribution in [3.8, 4) is 0 Å². The normalized spacial score (nSPS) is 10.7. The zero-order valence-electron chi connectivity index (χ0n) is 19.0. The zero-order chi connectivity index (χ0) is 25.8. The van der Waals surface area contributed by atoms with E-state index in [0.717, 1.165) is 11.1 Å². The number of aryl methyl sites for hydroxylation is 2. The third-order valence-electron chi connectivity index (χ3n) is 3.72. The Labute approximate surface area is 232 Å². The van der Waals surface area contributed by atoms with Crippen molar-refractivity contribution >= 4 is 48.8 Å². The molecule has 2 N–H and O–H groups in total. The first-order valence-electron chi connectivity index (χ1n) is 9.04. The molecule has 2 aromatic carbocycles. The van der Waals surface area contributed by atoms with Gasteiger partial charge in [0, 0.05) is 21.4 Å². The molecule has 2 aromatic rings. The van der Waals surface area contributed by atoms with Crippen molar-refractivity contribution < 1.29 is 66.5 Å². The molecule has 1 atom stereocenters. The Balaban J connectivity index is 0. The Morgan fingerprint density at radius 3 is 1.59 bits per heavy atom. The number of sulfone groups is 1. The molecule has 0 amide bonds. The smallest absolute Gasteiger partial charge is 0.768 e. The number of hydrogen-bond acceptors (Lipinski definition) is 6. The topological polar surface area (TPSA) is 149 Å². The molecule has 0 aliphatic carbocycles. The average Bonchev–Trinajstić information content (AvgIpc) is 2.74. The van der Waals surface area contributed by atoms with Crippen LogP contribution in [0.3, 0.4) is 0 Å². The number of benzene rings is 2. The Hall–Kier alpha value is -1.60. The molecular formula is C22H24BrNaO8S2. The molecule has 0 spiro atoms. The number of alkyl halides is 1. The molecule has 0 heterocycles. The summed E-state index contributed by atoms with van der Waals surface area (Å²) >= 11 is 0.848. The number of hydrogen-bond donors (Lipinski definition) is 2. The molecule has 0 radical (unpaired) electrons. The van der Waals surface area contributed by atoms with Crippen LogP contribution in [0.2, 0.25) is 0 Å². The summed E-state index contributed by atoms with van der Waals surface area (Å²) in [5.74, 6) is -2.81. The van der Waals surface area contributed by atoms with Crippen molar-refractivity contribution in [1.82, 2.24) is 0 Å². The minimum atomic E-state index is -3.60. The van der Waals surface area contributed by atoms with Gasteiger partial charge in [0.05, 0.1) is 10.6 Å². The van der Waals surface area contributed by atoms with Gasteiger partial charge in [-0.3, -0.25) is 4.21 Å². The quantitative estimate of drug-likeness (QED) is 0.209. The monoisotopic (exact) mass is 582 g/mol. The van der Waals surface area contributed by atoms with Crippen molar-refractivity contribution in [2.24, 2.45) is 0 Å². The van der Waals surface area contributed by atoms with Gasteiger partial charge in [-0.05, 0) is 49.2 Å². The Morgan fingerprint density at radius 2 is 1.29 bits per heavy atom. The molecule has 34 heavy (non-hydrogen) atoms. The summed E-state index contributed by atoms with van der Waals surface area (Å²) in [4.78, 5) is 20.7. The Morgan fingerprint density at radius 1 is 0.912 bits per heavy atom. The predicted octanol–water partition coefficient (Wildman–Crippen LogP) is 0.669. The van der Waals surface area contributed by atoms with Crippen LogP contribution in [0.25, 0.3) is 0 Å². The second-order valence-corrected chi connectivity index (χ2v) is 10.1. The van der Waals surface area contributed by atoms with E-state index >= 15 is 0 Å². The molecule has 0 bridgehead atoms. The summed E-state index contributed by atoms with van der Waals surface area (Å²) < 4.78 is 44.1. The number of carboxylic acids is 2. The first-order valence-corrected chi connectivity index (χ1v) is 12.9. The van der Waals surface area contributed by atoms with E-state index in [2.05, 4.69) is 29.1 Å². The van der Waals surface area contributed by atoms with Crippen LogP contribution in [-0.2, 0) is 30.5 Å². The molecule has 0 aliphatic rings. The van der Waals surface area contributed by atoms with Crippen molar-refractivity contribution in [1.29, 1.82) is 0 Å². The van der Waals surface area contributed by atoms with Crippen LogP contribution in [0, 0.1) is 13.8 Å². The van der Waals surface area contributed by atoms with Crippen molar-refractivity contribution in [2.75, 3.05) is 11.1 Å². The molecule has 0 aliphatic heterocycles. The van der Waals surface area contributed by atoms with Gasteiger partial charge in [0.2, 0.25) is 0 Å². The average molecular weight is 583 g/mol. The van der Waals surface area contributed by atoms with Gasteiger partial charge in [-0.25, -0.2) is 18.0 Å². The molecule has 12 heteroatoms. The van der Waals surface area contributed by atoms with Crippen LogP contribution in [0.1, 0.15) is 11.1 Å². The SMILES string of the molecule is C=C(CBr)C(=O)O.C=C(CS(=O)(=O)c1ccc(C)cc1)C(=O)O.Cc1ccc(S(=O)[O-])cc1.[Na+]. The number of carboxylic acid groups (broad SMARTS) is 2. The molecule has 0 aromatic heterocycles. The van der Waals surface area contributed by atoms with Crippen LogP contribution < -0.4 is 29.6 Å². The molecule has 0 fully saturated rings. The second kappa shape index (κ2) is 16.9. The van der Waals surface area contributed by atoms with Gasteiger partial charge in [-0.1, -0.05) is 64.5 Å². The van der Waals surface area contributed by atoms with E-state index < -0.39 is 38.6 Å². The Bertz CT molecular complexity index is 1110. The fourth-order valence-corrected chi connectivity index (χ4v) is 3.72. The zero-order valence-corrected chi connectivity index (χ0v) is 24.2. The van der Waals surface area contributed by atoms with E-state index in [4.69, 9.17) is 10.2 Å². The first-order chi connectivity index (χ1) is 15.2. The van der Waals surface area contributed by atoms with Crippen LogP contribution in [0.4, 0.5) is 0 Å². The molecule has 180 valence electrons. The maximum absolute atomic E-state index is 11.7. The van der Waals surface area contributed by atoms with E-state index in [1.165, 1.54) is 12.1 Å². The summed E-state index contributed by atoms with van der Waals surface area (Å²) in [7, 11) is -3.60. The van der Waals surface area contributed by atoms with Crippen LogP contribution in [0.15, 0.2) is 82.6 Å². The summed E-state index contributed by atoms with van der Waals surface area (Å²) in [5, 5.41) is 17.0. The molecule has 1 unspecified atom stereocenters. The summed E-state index contributed by atoms with van der Waals surface area (Å²) in [5.41, 5.74) is 1.85. The third kappa shape index (κ3) is 14.0. The number of aliphatic carboxylic acids is 2. The number of halogens is 1.